The van der Waals surface area contributed by atoms with Crippen molar-refractivity contribution in [2.24, 2.45) is 0 Å². The maximum Gasteiger partial charge on any atom is 0.149 e. The Balaban J connectivity index is 3.43. The van der Waals surface area contributed by atoms with Crippen molar-refractivity contribution in [2.75, 3.05) is 20.7 Å². The normalized spacial score (nSPS) is 10.3. The molecule has 0 bridgehead atoms. The molecule has 0 N–H and O–H groups in total. The maximum atomic E-state index is 5.38. The molecule has 0 aliphatic carbocycles. The Kier molecular flexibility index (Phi) is 8.98. The van der Waals surface area contributed by atoms with Gasteiger partial charge in [0, 0.05) is 7.11 Å². The predicted molar refractivity (Wildman–Crippen MR) is 52.3 cm³/mol. The van der Waals surface area contributed by atoms with Crippen molar-refractivity contribution in [3.63, 3.8) is 0 Å². The minimum absolute atomic E-state index is 0.117. The van der Waals surface area contributed by atoms with E-state index in [-0.39, 0.29) is 19.7 Å². The molecule has 0 heterocycles. The van der Waals surface area contributed by atoms with Crippen molar-refractivity contribution in [2.45, 2.75) is 18.9 Å². The molecular formula is C10H18O3. The third-order valence-corrected chi connectivity index (χ3v) is 1.45. The van der Waals surface area contributed by atoms with Crippen LogP contribution in [0.2, 0.25) is 0 Å². The van der Waals surface area contributed by atoms with Crippen molar-refractivity contribution in [3.05, 3.63) is 25.3 Å². The second kappa shape index (κ2) is 9.45. The summed E-state index contributed by atoms with van der Waals surface area (Å²) in [5.41, 5.74) is 0. The van der Waals surface area contributed by atoms with E-state index in [0.717, 1.165) is 12.8 Å². The highest BCUT2D eigenvalue weighted by Gasteiger charge is 2.03. The summed E-state index contributed by atoms with van der Waals surface area (Å²) in [4.78, 5) is 0. The van der Waals surface area contributed by atoms with Gasteiger partial charge in [-0.2, -0.15) is 0 Å². The first-order valence-corrected chi connectivity index (χ1v) is 4.25. The van der Waals surface area contributed by atoms with E-state index in [1.807, 2.05) is 12.2 Å². The quantitative estimate of drug-likeness (QED) is 0.313. The van der Waals surface area contributed by atoms with Gasteiger partial charge in [0.2, 0.25) is 0 Å². The molecule has 0 aliphatic heterocycles. The highest BCUT2D eigenvalue weighted by atomic mass is 16.7. The van der Waals surface area contributed by atoms with Gasteiger partial charge in [-0.25, -0.2) is 0 Å². The largest absolute Gasteiger partial charge is 0.359 e. The van der Waals surface area contributed by atoms with Gasteiger partial charge in [-0.3, -0.25) is 0 Å². The molecule has 0 saturated carbocycles. The van der Waals surface area contributed by atoms with E-state index in [1.54, 1.807) is 7.11 Å². The summed E-state index contributed by atoms with van der Waals surface area (Å²) in [5, 5.41) is 0. The molecular weight excluding hydrogens is 168 g/mol. The fraction of sp³-hybridized carbons (Fsp3) is 0.600. The van der Waals surface area contributed by atoms with Gasteiger partial charge in [-0.1, -0.05) is 12.2 Å². The Morgan fingerprint density at radius 3 is 2.23 bits per heavy atom. The van der Waals surface area contributed by atoms with Crippen molar-refractivity contribution in [3.8, 4) is 0 Å². The van der Waals surface area contributed by atoms with E-state index >= 15 is 0 Å². The standard InChI is InChI=1S/C10H18O3/c1-4-6-10(7-5-2)13-9-12-8-11-3/h4-5,10H,1-2,6-9H2,3H3. The van der Waals surface area contributed by atoms with Crippen LogP contribution in [-0.4, -0.2) is 26.8 Å². The third kappa shape index (κ3) is 7.71. The van der Waals surface area contributed by atoms with Crippen molar-refractivity contribution >= 4 is 0 Å². The van der Waals surface area contributed by atoms with Crippen LogP contribution in [-0.2, 0) is 14.2 Å². The van der Waals surface area contributed by atoms with E-state index in [9.17, 15) is 0 Å². The fourth-order valence-corrected chi connectivity index (χ4v) is 0.866. The minimum Gasteiger partial charge on any atom is -0.359 e. The van der Waals surface area contributed by atoms with Gasteiger partial charge in [0.05, 0.1) is 6.10 Å². The number of hydrogen-bond donors (Lipinski definition) is 0. The molecule has 0 aliphatic rings. The second-order valence-corrected chi connectivity index (χ2v) is 2.57. The van der Waals surface area contributed by atoms with Crippen LogP contribution in [0.15, 0.2) is 25.3 Å². The molecule has 0 aromatic rings. The monoisotopic (exact) mass is 186 g/mol. The van der Waals surface area contributed by atoms with E-state index in [1.165, 1.54) is 0 Å². The summed E-state index contributed by atoms with van der Waals surface area (Å²) in [7, 11) is 1.57. The molecule has 0 amide bonds. The topological polar surface area (TPSA) is 27.7 Å². The lowest BCUT2D eigenvalue weighted by Crippen LogP contribution is -2.14. The van der Waals surface area contributed by atoms with Gasteiger partial charge < -0.3 is 14.2 Å². The average Bonchev–Trinajstić information content (AvgIpc) is 2.13. The first-order chi connectivity index (χ1) is 6.35. The molecule has 0 atom stereocenters. The zero-order valence-corrected chi connectivity index (χ0v) is 8.20. The molecule has 3 nitrogen and oxygen atoms in total. The lowest BCUT2D eigenvalue weighted by atomic mass is 10.2. The third-order valence-electron chi connectivity index (χ3n) is 1.45. The number of methoxy groups -OCH3 is 1. The van der Waals surface area contributed by atoms with Crippen molar-refractivity contribution in [1.82, 2.24) is 0 Å². The first kappa shape index (κ1) is 12.4. The van der Waals surface area contributed by atoms with Gasteiger partial charge in [0.25, 0.3) is 0 Å². The van der Waals surface area contributed by atoms with Gasteiger partial charge in [0.1, 0.15) is 13.6 Å². The summed E-state index contributed by atoms with van der Waals surface area (Å²) in [6.45, 7) is 7.80. The van der Waals surface area contributed by atoms with Crippen LogP contribution in [0.4, 0.5) is 0 Å². The minimum atomic E-state index is 0.117. The molecule has 0 aromatic carbocycles. The summed E-state index contributed by atoms with van der Waals surface area (Å²) >= 11 is 0. The Bertz CT molecular complexity index is 124. The summed E-state index contributed by atoms with van der Waals surface area (Å²) in [6.07, 6.45) is 5.38. The molecule has 0 spiro atoms. The van der Waals surface area contributed by atoms with Gasteiger partial charge in [0.15, 0.2) is 0 Å². The molecule has 0 aromatic heterocycles. The molecule has 0 radical (unpaired) electrons. The Labute approximate surface area is 80.0 Å². The molecule has 13 heavy (non-hydrogen) atoms. The second-order valence-electron chi connectivity index (χ2n) is 2.57. The average molecular weight is 186 g/mol. The highest BCUT2D eigenvalue weighted by molar-refractivity contribution is 4.79. The van der Waals surface area contributed by atoms with Gasteiger partial charge in [-0.15, -0.1) is 13.2 Å². The molecule has 0 fully saturated rings. The van der Waals surface area contributed by atoms with Crippen LogP contribution < -0.4 is 0 Å². The number of rotatable bonds is 9. The lowest BCUT2D eigenvalue weighted by Gasteiger charge is -2.13. The predicted octanol–water partition coefficient (Wildman–Crippen LogP) is 2.10. The molecule has 76 valence electrons. The van der Waals surface area contributed by atoms with Crippen LogP contribution >= 0.6 is 0 Å². The Morgan fingerprint density at radius 1 is 1.15 bits per heavy atom. The van der Waals surface area contributed by atoms with Crippen LogP contribution in [0.1, 0.15) is 12.8 Å². The van der Waals surface area contributed by atoms with E-state index in [4.69, 9.17) is 14.2 Å². The first-order valence-electron chi connectivity index (χ1n) is 4.25. The highest BCUT2D eigenvalue weighted by Crippen LogP contribution is 2.05. The van der Waals surface area contributed by atoms with Crippen LogP contribution in [0.3, 0.4) is 0 Å². The fourth-order valence-electron chi connectivity index (χ4n) is 0.866. The molecule has 0 rings (SSSR count). The van der Waals surface area contributed by atoms with Gasteiger partial charge >= 0.3 is 0 Å². The lowest BCUT2D eigenvalue weighted by molar-refractivity contribution is -0.139. The summed E-state index contributed by atoms with van der Waals surface area (Å²) in [5.74, 6) is 0. The van der Waals surface area contributed by atoms with Crippen LogP contribution in [0.25, 0.3) is 0 Å². The molecule has 0 saturated heterocycles. The molecule has 0 unspecified atom stereocenters. The van der Waals surface area contributed by atoms with E-state index in [2.05, 4.69) is 13.2 Å². The van der Waals surface area contributed by atoms with E-state index in [0.29, 0.717) is 0 Å². The Morgan fingerprint density at radius 2 is 1.77 bits per heavy atom. The zero-order chi connectivity index (χ0) is 9.94. The van der Waals surface area contributed by atoms with Crippen molar-refractivity contribution in [1.29, 1.82) is 0 Å². The Hall–Kier alpha value is -0.640. The van der Waals surface area contributed by atoms with Crippen molar-refractivity contribution < 1.29 is 14.2 Å². The van der Waals surface area contributed by atoms with Gasteiger partial charge in [-0.05, 0) is 12.8 Å². The van der Waals surface area contributed by atoms with Crippen LogP contribution in [0, 0.1) is 0 Å². The van der Waals surface area contributed by atoms with E-state index < -0.39 is 0 Å². The summed E-state index contributed by atoms with van der Waals surface area (Å²) in [6, 6.07) is 0. The zero-order valence-electron chi connectivity index (χ0n) is 8.20. The smallest absolute Gasteiger partial charge is 0.149 e. The summed E-state index contributed by atoms with van der Waals surface area (Å²) < 4.78 is 15.1. The van der Waals surface area contributed by atoms with Crippen LogP contribution in [0.5, 0.6) is 0 Å². The maximum absolute atomic E-state index is 5.38. The number of ether oxygens (including phenoxy) is 3. The SMILES string of the molecule is C=CCC(CC=C)OCOCOC. The molecule has 3 heteroatoms. The number of hydrogen-bond acceptors (Lipinski definition) is 3.